The van der Waals surface area contributed by atoms with E-state index in [1.165, 1.54) is 18.3 Å². The molecule has 1 aromatic heterocycles. The molecular weight excluding hydrogens is 236 g/mol. The van der Waals surface area contributed by atoms with Crippen molar-refractivity contribution in [1.82, 2.24) is 0 Å². The number of furan rings is 1. The van der Waals surface area contributed by atoms with Gasteiger partial charge in [-0.15, -0.1) is 0 Å². The molecule has 0 amide bonds. The summed E-state index contributed by atoms with van der Waals surface area (Å²) in [6.45, 7) is 0. The van der Waals surface area contributed by atoms with Crippen LogP contribution in [-0.2, 0) is 0 Å². The second-order valence-electron chi connectivity index (χ2n) is 3.39. The molecule has 1 aromatic carbocycles. The quantitative estimate of drug-likeness (QED) is 0.472. The van der Waals surface area contributed by atoms with E-state index in [9.17, 15) is 10.1 Å². The molecule has 18 heavy (non-hydrogen) atoms. The van der Waals surface area contributed by atoms with E-state index in [1.54, 1.807) is 31.4 Å². The molecular formula is C12H10N2O4. The molecule has 2 rings (SSSR count). The minimum atomic E-state index is -0.593. The minimum absolute atomic E-state index is 0.300. The molecule has 6 heteroatoms. The Balaban J connectivity index is 2.11. The summed E-state index contributed by atoms with van der Waals surface area (Å²) in [6, 6.07) is 9.87. The first kappa shape index (κ1) is 11.8. The van der Waals surface area contributed by atoms with E-state index in [0.717, 1.165) is 5.75 Å². The van der Waals surface area contributed by atoms with Crippen LogP contribution in [0, 0.1) is 10.1 Å². The second kappa shape index (κ2) is 5.13. The number of rotatable bonds is 4. The Morgan fingerprint density at radius 3 is 2.56 bits per heavy atom. The zero-order valence-electron chi connectivity index (χ0n) is 9.57. The number of methoxy groups -OCH3 is 1. The van der Waals surface area contributed by atoms with Gasteiger partial charge >= 0.3 is 5.88 Å². The number of benzene rings is 1. The Hall–Kier alpha value is -2.63. The average Bonchev–Trinajstić information content (AvgIpc) is 2.86. The first-order chi connectivity index (χ1) is 8.69. The maximum Gasteiger partial charge on any atom is 0.433 e. The SMILES string of the molecule is COc1ccc(N=Cc2ccc([N+](=O)[O-])o2)cc1. The molecule has 0 fully saturated rings. The number of hydrogen-bond donors (Lipinski definition) is 0. The highest BCUT2D eigenvalue weighted by molar-refractivity contribution is 5.79. The van der Waals surface area contributed by atoms with Gasteiger partial charge < -0.3 is 9.15 Å². The van der Waals surface area contributed by atoms with Crippen molar-refractivity contribution in [3.05, 3.63) is 52.3 Å². The number of ether oxygens (including phenoxy) is 1. The predicted octanol–water partition coefficient (Wildman–Crippen LogP) is 2.95. The maximum atomic E-state index is 10.4. The molecule has 0 atom stereocenters. The van der Waals surface area contributed by atoms with Crippen molar-refractivity contribution in [2.75, 3.05) is 7.11 Å². The van der Waals surface area contributed by atoms with Gasteiger partial charge in [0.1, 0.15) is 10.7 Å². The smallest absolute Gasteiger partial charge is 0.433 e. The lowest BCUT2D eigenvalue weighted by atomic mass is 10.3. The lowest BCUT2D eigenvalue weighted by molar-refractivity contribution is -0.402. The van der Waals surface area contributed by atoms with E-state index in [1.807, 2.05) is 0 Å². The molecule has 2 aromatic rings. The van der Waals surface area contributed by atoms with Crippen LogP contribution in [0.15, 0.2) is 45.8 Å². The Kier molecular flexibility index (Phi) is 3.38. The molecule has 92 valence electrons. The maximum absolute atomic E-state index is 10.4. The molecule has 0 bridgehead atoms. The van der Waals surface area contributed by atoms with E-state index in [-0.39, 0.29) is 5.88 Å². The molecule has 0 aliphatic rings. The first-order valence-corrected chi connectivity index (χ1v) is 5.11. The van der Waals surface area contributed by atoms with Crippen LogP contribution in [0.25, 0.3) is 0 Å². The van der Waals surface area contributed by atoms with Gasteiger partial charge in [-0.2, -0.15) is 0 Å². The third-order valence-corrected chi connectivity index (χ3v) is 2.21. The summed E-state index contributed by atoms with van der Waals surface area (Å²) in [4.78, 5) is 13.9. The van der Waals surface area contributed by atoms with Gasteiger partial charge in [0.25, 0.3) is 0 Å². The fourth-order valence-electron chi connectivity index (χ4n) is 1.32. The lowest BCUT2D eigenvalue weighted by Crippen LogP contribution is -1.83. The van der Waals surface area contributed by atoms with Gasteiger partial charge in [-0.25, -0.2) is 0 Å². The van der Waals surface area contributed by atoms with Crippen LogP contribution in [0.5, 0.6) is 5.75 Å². The number of nitro groups is 1. The highest BCUT2D eigenvalue weighted by atomic mass is 16.6. The van der Waals surface area contributed by atoms with Gasteiger partial charge in [-0.1, -0.05) is 0 Å². The molecule has 6 nitrogen and oxygen atoms in total. The Bertz CT molecular complexity index is 572. The van der Waals surface area contributed by atoms with Gasteiger partial charge in [-0.05, 0) is 30.3 Å². The Labute approximate surface area is 103 Å². The van der Waals surface area contributed by atoms with Crippen LogP contribution in [0.4, 0.5) is 11.6 Å². The van der Waals surface area contributed by atoms with Gasteiger partial charge in [0, 0.05) is 0 Å². The predicted molar refractivity (Wildman–Crippen MR) is 65.6 cm³/mol. The van der Waals surface area contributed by atoms with Crippen molar-refractivity contribution < 1.29 is 14.1 Å². The first-order valence-electron chi connectivity index (χ1n) is 5.11. The number of hydrogen-bond acceptors (Lipinski definition) is 5. The van der Waals surface area contributed by atoms with Crippen LogP contribution in [0.1, 0.15) is 5.76 Å². The molecule has 0 spiro atoms. The van der Waals surface area contributed by atoms with Crippen molar-refractivity contribution in [2.24, 2.45) is 4.99 Å². The highest BCUT2D eigenvalue weighted by Gasteiger charge is 2.09. The second-order valence-corrected chi connectivity index (χ2v) is 3.39. The van der Waals surface area contributed by atoms with E-state index in [4.69, 9.17) is 9.15 Å². The van der Waals surface area contributed by atoms with Crippen molar-refractivity contribution >= 4 is 17.8 Å². The Morgan fingerprint density at radius 2 is 2.00 bits per heavy atom. The van der Waals surface area contributed by atoms with E-state index < -0.39 is 4.92 Å². The van der Waals surface area contributed by atoms with Crippen molar-refractivity contribution in [1.29, 1.82) is 0 Å². The third-order valence-electron chi connectivity index (χ3n) is 2.21. The van der Waals surface area contributed by atoms with Crippen LogP contribution in [-0.4, -0.2) is 18.2 Å². The van der Waals surface area contributed by atoms with Crippen LogP contribution < -0.4 is 4.74 Å². The standard InChI is InChI=1S/C12H10N2O4/c1-17-10-4-2-9(3-5-10)13-8-11-6-7-12(18-11)14(15)16/h2-8H,1H3. The average molecular weight is 246 g/mol. The third kappa shape index (κ3) is 2.73. The van der Waals surface area contributed by atoms with Crippen molar-refractivity contribution in [3.8, 4) is 5.75 Å². The summed E-state index contributed by atoms with van der Waals surface area (Å²) in [5, 5.41) is 10.4. The number of aliphatic imine (C=N–C) groups is 1. The summed E-state index contributed by atoms with van der Waals surface area (Å²) in [7, 11) is 1.58. The van der Waals surface area contributed by atoms with Crippen LogP contribution >= 0.6 is 0 Å². The van der Waals surface area contributed by atoms with E-state index in [2.05, 4.69) is 4.99 Å². The fraction of sp³-hybridized carbons (Fsp3) is 0.0833. The van der Waals surface area contributed by atoms with Gasteiger partial charge in [0.2, 0.25) is 0 Å². The molecule has 0 saturated carbocycles. The molecule has 0 aliphatic heterocycles. The van der Waals surface area contributed by atoms with Crippen molar-refractivity contribution in [3.63, 3.8) is 0 Å². The molecule has 0 radical (unpaired) electrons. The summed E-state index contributed by atoms with van der Waals surface area (Å²) in [5.74, 6) is 0.770. The van der Waals surface area contributed by atoms with Gasteiger partial charge in [0.05, 0.1) is 25.1 Å². The lowest BCUT2D eigenvalue weighted by Gasteiger charge is -1.98. The van der Waals surface area contributed by atoms with E-state index >= 15 is 0 Å². The highest BCUT2D eigenvalue weighted by Crippen LogP contribution is 2.18. The molecule has 0 saturated heterocycles. The molecule has 0 unspecified atom stereocenters. The van der Waals surface area contributed by atoms with Crippen molar-refractivity contribution in [2.45, 2.75) is 0 Å². The Morgan fingerprint density at radius 1 is 1.28 bits per heavy atom. The van der Waals surface area contributed by atoms with Gasteiger partial charge in [-0.3, -0.25) is 15.1 Å². The summed E-state index contributed by atoms with van der Waals surface area (Å²) >= 11 is 0. The molecule has 1 heterocycles. The van der Waals surface area contributed by atoms with E-state index in [0.29, 0.717) is 11.4 Å². The summed E-state index contributed by atoms with van der Waals surface area (Å²) < 4.78 is 9.95. The topological polar surface area (TPSA) is 77.9 Å². The normalized spacial score (nSPS) is 10.7. The summed E-state index contributed by atoms with van der Waals surface area (Å²) in [6.07, 6.45) is 1.43. The minimum Gasteiger partial charge on any atom is -0.497 e. The monoisotopic (exact) mass is 246 g/mol. The molecule has 0 N–H and O–H groups in total. The van der Waals surface area contributed by atoms with Gasteiger partial charge in [0.15, 0.2) is 5.76 Å². The zero-order chi connectivity index (χ0) is 13.0. The summed E-state index contributed by atoms with van der Waals surface area (Å²) in [5.41, 5.74) is 0.704. The molecule has 0 aliphatic carbocycles. The van der Waals surface area contributed by atoms with Crippen LogP contribution in [0.2, 0.25) is 0 Å². The fourth-order valence-corrected chi connectivity index (χ4v) is 1.32. The van der Waals surface area contributed by atoms with Crippen LogP contribution in [0.3, 0.4) is 0 Å². The zero-order valence-corrected chi connectivity index (χ0v) is 9.57. The number of nitrogens with zero attached hydrogens (tertiary/aromatic N) is 2. The largest absolute Gasteiger partial charge is 0.497 e.